The molecule has 0 aromatic heterocycles. The summed E-state index contributed by atoms with van der Waals surface area (Å²) >= 11 is 12.3. The Morgan fingerprint density at radius 1 is 1.50 bits per heavy atom. The van der Waals surface area contributed by atoms with E-state index in [0.717, 1.165) is 0 Å². The lowest BCUT2D eigenvalue weighted by Gasteiger charge is -1.94. The van der Waals surface area contributed by atoms with Crippen LogP contribution in [0.4, 0.5) is 0 Å². The summed E-state index contributed by atoms with van der Waals surface area (Å²) in [6, 6.07) is 0. The SMILES string of the molecule is CC(C)SC=C(Cl)Cl. The van der Waals surface area contributed by atoms with Gasteiger partial charge in [0.15, 0.2) is 0 Å². The molecule has 0 bridgehead atoms. The summed E-state index contributed by atoms with van der Waals surface area (Å²) in [4.78, 5) is 0. The molecule has 0 unspecified atom stereocenters. The van der Waals surface area contributed by atoms with Crippen molar-refractivity contribution in [3.05, 3.63) is 9.90 Å². The number of hydrogen-bond acceptors (Lipinski definition) is 1. The molecule has 0 saturated carbocycles. The molecule has 0 amide bonds. The van der Waals surface area contributed by atoms with Crippen LogP contribution in [-0.4, -0.2) is 5.25 Å². The lowest BCUT2D eigenvalue weighted by Crippen LogP contribution is -1.80. The number of thioether (sulfide) groups is 1. The number of hydrogen-bond donors (Lipinski definition) is 0. The van der Waals surface area contributed by atoms with E-state index in [1.54, 1.807) is 17.2 Å². The van der Waals surface area contributed by atoms with Crippen molar-refractivity contribution in [1.82, 2.24) is 0 Å². The standard InChI is InChI=1S/C5H8Cl2S/c1-4(2)8-3-5(6)7/h3-4H,1-2H3. The van der Waals surface area contributed by atoms with Gasteiger partial charge in [-0.3, -0.25) is 0 Å². The van der Waals surface area contributed by atoms with Gasteiger partial charge in [-0.15, -0.1) is 11.8 Å². The minimum atomic E-state index is 0.337. The largest absolute Gasteiger partial charge is 0.129 e. The number of rotatable bonds is 2. The van der Waals surface area contributed by atoms with Crippen LogP contribution in [0.25, 0.3) is 0 Å². The van der Waals surface area contributed by atoms with Gasteiger partial charge in [0.05, 0.1) is 0 Å². The molecule has 0 fully saturated rings. The maximum absolute atomic E-state index is 5.33. The first-order chi connectivity index (χ1) is 3.63. The molecule has 0 saturated heterocycles. The van der Waals surface area contributed by atoms with E-state index in [-0.39, 0.29) is 0 Å². The third kappa shape index (κ3) is 6.67. The smallest absolute Gasteiger partial charge is 0.113 e. The zero-order chi connectivity index (χ0) is 6.57. The van der Waals surface area contributed by atoms with E-state index in [4.69, 9.17) is 23.2 Å². The van der Waals surface area contributed by atoms with Gasteiger partial charge in [-0.25, -0.2) is 0 Å². The summed E-state index contributed by atoms with van der Waals surface area (Å²) in [5.74, 6) is 0. The Morgan fingerprint density at radius 2 is 2.00 bits per heavy atom. The predicted molar refractivity (Wildman–Crippen MR) is 42.5 cm³/mol. The van der Waals surface area contributed by atoms with Crippen molar-refractivity contribution in [2.24, 2.45) is 0 Å². The average Bonchev–Trinajstić information content (AvgIpc) is 1.61. The molecule has 3 heteroatoms. The highest BCUT2D eigenvalue weighted by Crippen LogP contribution is 2.17. The topological polar surface area (TPSA) is 0 Å². The Kier molecular flexibility index (Phi) is 4.92. The molecule has 0 spiro atoms. The van der Waals surface area contributed by atoms with Gasteiger partial charge in [0.2, 0.25) is 0 Å². The fraction of sp³-hybridized carbons (Fsp3) is 0.600. The molecule has 48 valence electrons. The van der Waals surface area contributed by atoms with Crippen LogP contribution >= 0.6 is 35.0 Å². The molecule has 0 atom stereocenters. The second kappa shape index (κ2) is 4.54. The second-order valence-electron chi connectivity index (χ2n) is 1.59. The summed E-state index contributed by atoms with van der Waals surface area (Å²) in [7, 11) is 0. The van der Waals surface area contributed by atoms with Gasteiger partial charge in [-0.1, -0.05) is 37.0 Å². The van der Waals surface area contributed by atoms with Gasteiger partial charge in [-0.05, 0) is 0 Å². The first-order valence-corrected chi connectivity index (χ1v) is 3.99. The van der Waals surface area contributed by atoms with Crippen molar-refractivity contribution < 1.29 is 0 Å². The maximum Gasteiger partial charge on any atom is 0.113 e. The van der Waals surface area contributed by atoms with Gasteiger partial charge in [0.1, 0.15) is 4.49 Å². The van der Waals surface area contributed by atoms with Crippen LogP contribution in [0.5, 0.6) is 0 Å². The molecule has 0 aromatic carbocycles. The Balaban J connectivity index is 3.29. The highest BCUT2D eigenvalue weighted by atomic mass is 35.5. The molecule has 0 aliphatic heterocycles. The molecule has 0 nitrogen and oxygen atoms in total. The van der Waals surface area contributed by atoms with Gasteiger partial charge >= 0.3 is 0 Å². The zero-order valence-electron chi connectivity index (χ0n) is 4.82. The van der Waals surface area contributed by atoms with Gasteiger partial charge < -0.3 is 0 Å². The highest BCUT2D eigenvalue weighted by Gasteiger charge is 1.89. The fourth-order valence-corrected chi connectivity index (χ4v) is 0.871. The van der Waals surface area contributed by atoms with Crippen LogP contribution < -0.4 is 0 Å². The van der Waals surface area contributed by atoms with E-state index >= 15 is 0 Å². The normalized spacial score (nSPS) is 9.62. The summed E-state index contributed by atoms with van der Waals surface area (Å²) < 4.78 is 0.337. The van der Waals surface area contributed by atoms with E-state index in [2.05, 4.69) is 13.8 Å². The first kappa shape index (κ1) is 8.67. The molecule has 0 rings (SSSR count). The Morgan fingerprint density at radius 3 is 2.12 bits per heavy atom. The third-order valence-corrected chi connectivity index (χ3v) is 1.82. The monoisotopic (exact) mass is 170 g/mol. The molecular weight excluding hydrogens is 163 g/mol. The summed E-state index contributed by atoms with van der Waals surface area (Å²) in [5.41, 5.74) is 0. The van der Waals surface area contributed by atoms with Gasteiger partial charge in [0.25, 0.3) is 0 Å². The van der Waals surface area contributed by atoms with E-state index in [1.165, 1.54) is 0 Å². The lowest BCUT2D eigenvalue weighted by molar-refractivity contribution is 1.12. The minimum absolute atomic E-state index is 0.337. The van der Waals surface area contributed by atoms with Crippen LogP contribution in [0, 0.1) is 0 Å². The summed E-state index contributed by atoms with van der Waals surface area (Å²) in [6.45, 7) is 4.16. The van der Waals surface area contributed by atoms with Crippen LogP contribution in [0.1, 0.15) is 13.8 Å². The molecule has 0 aromatic rings. The average molecular weight is 171 g/mol. The Hall–Kier alpha value is 0.670. The summed E-state index contributed by atoms with van der Waals surface area (Å²) in [6.07, 6.45) is 0. The molecule has 0 aliphatic rings. The minimum Gasteiger partial charge on any atom is -0.129 e. The predicted octanol–water partition coefficient (Wildman–Crippen LogP) is 3.40. The Bertz CT molecular complexity index is 84.4. The molecule has 0 radical (unpaired) electrons. The molecule has 0 N–H and O–H groups in total. The van der Waals surface area contributed by atoms with Crippen molar-refractivity contribution >= 4 is 35.0 Å². The van der Waals surface area contributed by atoms with Crippen LogP contribution in [-0.2, 0) is 0 Å². The molecule has 0 heterocycles. The second-order valence-corrected chi connectivity index (χ2v) is 4.05. The van der Waals surface area contributed by atoms with E-state index < -0.39 is 0 Å². The van der Waals surface area contributed by atoms with E-state index in [9.17, 15) is 0 Å². The van der Waals surface area contributed by atoms with E-state index in [0.29, 0.717) is 9.74 Å². The molecule has 8 heavy (non-hydrogen) atoms. The van der Waals surface area contributed by atoms with Gasteiger partial charge in [0, 0.05) is 10.7 Å². The van der Waals surface area contributed by atoms with Crippen molar-refractivity contribution in [3.8, 4) is 0 Å². The quantitative estimate of drug-likeness (QED) is 0.613. The van der Waals surface area contributed by atoms with Crippen LogP contribution in [0.3, 0.4) is 0 Å². The molecular formula is C5H8Cl2S. The first-order valence-electron chi connectivity index (χ1n) is 2.29. The van der Waals surface area contributed by atoms with Crippen molar-refractivity contribution in [2.45, 2.75) is 19.1 Å². The van der Waals surface area contributed by atoms with Crippen molar-refractivity contribution in [1.29, 1.82) is 0 Å². The lowest BCUT2D eigenvalue weighted by atomic mass is 10.6. The summed E-state index contributed by atoms with van der Waals surface area (Å²) in [5, 5.41) is 2.29. The Labute approximate surface area is 64.2 Å². The van der Waals surface area contributed by atoms with Crippen molar-refractivity contribution in [3.63, 3.8) is 0 Å². The third-order valence-electron chi connectivity index (χ3n) is 0.429. The van der Waals surface area contributed by atoms with Gasteiger partial charge in [-0.2, -0.15) is 0 Å². The number of halogens is 2. The highest BCUT2D eigenvalue weighted by molar-refractivity contribution is 8.02. The van der Waals surface area contributed by atoms with Crippen molar-refractivity contribution in [2.75, 3.05) is 0 Å². The fourth-order valence-electron chi connectivity index (χ4n) is 0.188. The molecule has 0 aliphatic carbocycles. The van der Waals surface area contributed by atoms with Crippen LogP contribution in [0.2, 0.25) is 0 Å². The van der Waals surface area contributed by atoms with Crippen LogP contribution in [0.15, 0.2) is 9.90 Å². The van der Waals surface area contributed by atoms with E-state index in [1.807, 2.05) is 0 Å². The maximum atomic E-state index is 5.33. The zero-order valence-corrected chi connectivity index (χ0v) is 7.15.